The predicted molar refractivity (Wildman–Crippen MR) is 71.2 cm³/mol. The van der Waals surface area contributed by atoms with Crippen molar-refractivity contribution in [2.24, 2.45) is 5.41 Å². The van der Waals surface area contributed by atoms with Crippen LogP contribution in [0.3, 0.4) is 0 Å². The lowest BCUT2D eigenvalue weighted by molar-refractivity contribution is 0.0611. The van der Waals surface area contributed by atoms with Crippen LogP contribution in [-0.4, -0.2) is 37.5 Å². The van der Waals surface area contributed by atoms with Crippen LogP contribution in [0.1, 0.15) is 52.4 Å². The van der Waals surface area contributed by atoms with Gasteiger partial charge in [-0.2, -0.15) is 0 Å². The maximum absolute atomic E-state index is 8.87. The zero-order chi connectivity index (χ0) is 12.7. The summed E-state index contributed by atoms with van der Waals surface area (Å²) in [5.74, 6) is 0. The van der Waals surface area contributed by atoms with E-state index in [9.17, 15) is 0 Å². The largest absolute Gasteiger partial charge is 0.396 e. The molecule has 0 bridgehead atoms. The van der Waals surface area contributed by atoms with Crippen molar-refractivity contribution in [2.45, 2.75) is 64.5 Å². The van der Waals surface area contributed by atoms with Crippen molar-refractivity contribution >= 4 is 0 Å². The zero-order valence-electron chi connectivity index (χ0n) is 11.7. The number of ether oxygens (including phenoxy) is 1. The molecule has 1 aliphatic rings. The molecule has 17 heavy (non-hydrogen) atoms. The highest BCUT2D eigenvalue weighted by atomic mass is 16.5. The summed E-state index contributed by atoms with van der Waals surface area (Å²) in [7, 11) is 1.82. The lowest BCUT2D eigenvalue weighted by atomic mass is 9.86. The molecule has 1 rings (SSSR count). The van der Waals surface area contributed by atoms with Crippen molar-refractivity contribution < 1.29 is 9.84 Å². The van der Waals surface area contributed by atoms with E-state index in [0.29, 0.717) is 24.2 Å². The third kappa shape index (κ3) is 5.84. The van der Waals surface area contributed by atoms with Crippen molar-refractivity contribution in [3.63, 3.8) is 0 Å². The zero-order valence-corrected chi connectivity index (χ0v) is 11.7. The summed E-state index contributed by atoms with van der Waals surface area (Å²) in [5.41, 5.74) is 0.292. The molecule has 0 aromatic heterocycles. The molecule has 3 nitrogen and oxygen atoms in total. The van der Waals surface area contributed by atoms with E-state index in [2.05, 4.69) is 19.2 Å². The first-order chi connectivity index (χ1) is 8.07. The van der Waals surface area contributed by atoms with Crippen LogP contribution in [0.2, 0.25) is 0 Å². The number of hydrogen-bond donors (Lipinski definition) is 2. The molecular formula is C14H29NO2. The van der Waals surface area contributed by atoms with Gasteiger partial charge in [0.2, 0.25) is 0 Å². The van der Waals surface area contributed by atoms with E-state index in [1.54, 1.807) is 0 Å². The van der Waals surface area contributed by atoms with E-state index in [1.165, 1.54) is 25.7 Å². The van der Waals surface area contributed by atoms with Crippen molar-refractivity contribution in [2.75, 3.05) is 20.3 Å². The van der Waals surface area contributed by atoms with Crippen LogP contribution < -0.4 is 5.32 Å². The van der Waals surface area contributed by atoms with E-state index >= 15 is 0 Å². The van der Waals surface area contributed by atoms with Gasteiger partial charge in [-0.25, -0.2) is 0 Å². The second-order valence-electron chi connectivity index (χ2n) is 6.08. The van der Waals surface area contributed by atoms with Gasteiger partial charge in [0.1, 0.15) is 0 Å². The fourth-order valence-corrected chi connectivity index (χ4v) is 2.57. The third-order valence-electron chi connectivity index (χ3n) is 3.89. The summed E-state index contributed by atoms with van der Waals surface area (Å²) in [6.45, 7) is 5.91. The van der Waals surface area contributed by atoms with Gasteiger partial charge in [0.25, 0.3) is 0 Å². The van der Waals surface area contributed by atoms with Crippen LogP contribution >= 0.6 is 0 Å². The minimum Gasteiger partial charge on any atom is -0.396 e. The second-order valence-corrected chi connectivity index (χ2v) is 6.08. The smallest absolute Gasteiger partial charge is 0.0572 e. The molecule has 1 fully saturated rings. The van der Waals surface area contributed by atoms with Crippen molar-refractivity contribution in [1.29, 1.82) is 0 Å². The third-order valence-corrected chi connectivity index (χ3v) is 3.89. The van der Waals surface area contributed by atoms with Gasteiger partial charge in [-0.1, -0.05) is 13.8 Å². The maximum Gasteiger partial charge on any atom is 0.0572 e. The summed E-state index contributed by atoms with van der Waals surface area (Å²) in [4.78, 5) is 0. The minimum absolute atomic E-state index is 0.292. The van der Waals surface area contributed by atoms with Crippen molar-refractivity contribution in [1.82, 2.24) is 5.32 Å². The topological polar surface area (TPSA) is 41.5 Å². The van der Waals surface area contributed by atoms with E-state index in [-0.39, 0.29) is 0 Å². The Morgan fingerprint density at radius 1 is 1.24 bits per heavy atom. The van der Waals surface area contributed by atoms with Gasteiger partial charge in [-0.15, -0.1) is 0 Å². The number of rotatable bonds is 7. The van der Waals surface area contributed by atoms with Gasteiger partial charge in [0, 0.05) is 26.3 Å². The molecule has 3 heteroatoms. The van der Waals surface area contributed by atoms with Gasteiger partial charge < -0.3 is 15.2 Å². The first-order valence-electron chi connectivity index (χ1n) is 6.94. The van der Waals surface area contributed by atoms with Gasteiger partial charge in [0.05, 0.1) is 6.10 Å². The van der Waals surface area contributed by atoms with E-state index in [4.69, 9.17) is 9.84 Å². The Morgan fingerprint density at radius 2 is 1.88 bits per heavy atom. The summed E-state index contributed by atoms with van der Waals surface area (Å²) < 4.78 is 5.38. The molecule has 102 valence electrons. The molecule has 0 aromatic carbocycles. The molecule has 0 atom stereocenters. The quantitative estimate of drug-likeness (QED) is 0.721. The molecule has 0 spiro atoms. The predicted octanol–water partition coefficient (Wildman–Crippen LogP) is 2.33. The lowest BCUT2D eigenvalue weighted by Gasteiger charge is -2.32. The van der Waals surface area contributed by atoms with Gasteiger partial charge >= 0.3 is 0 Å². The van der Waals surface area contributed by atoms with E-state index in [1.807, 2.05) is 7.11 Å². The van der Waals surface area contributed by atoms with Crippen molar-refractivity contribution in [3.8, 4) is 0 Å². The highest BCUT2D eigenvalue weighted by Crippen LogP contribution is 2.24. The molecule has 1 aliphatic carbocycles. The Morgan fingerprint density at radius 3 is 2.41 bits per heavy atom. The monoisotopic (exact) mass is 243 g/mol. The normalized spacial score (nSPS) is 26.1. The molecule has 2 N–H and O–H groups in total. The first-order valence-corrected chi connectivity index (χ1v) is 6.94. The molecule has 1 saturated carbocycles. The summed E-state index contributed by atoms with van der Waals surface area (Å²) in [5, 5.41) is 12.5. The number of methoxy groups -OCH3 is 1. The highest BCUT2D eigenvalue weighted by molar-refractivity contribution is 4.80. The Kier molecular flexibility index (Phi) is 6.45. The minimum atomic E-state index is 0.292. The fraction of sp³-hybridized carbons (Fsp3) is 1.00. The molecular weight excluding hydrogens is 214 g/mol. The number of aliphatic hydroxyl groups excluding tert-OH is 1. The molecule has 0 aliphatic heterocycles. The average molecular weight is 243 g/mol. The van der Waals surface area contributed by atoms with Crippen molar-refractivity contribution in [3.05, 3.63) is 0 Å². The molecule has 0 saturated heterocycles. The Hall–Kier alpha value is -0.120. The van der Waals surface area contributed by atoms with Crippen LogP contribution in [0.5, 0.6) is 0 Å². The Labute approximate surface area is 106 Å². The van der Waals surface area contributed by atoms with Crippen LogP contribution in [0.25, 0.3) is 0 Å². The average Bonchev–Trinajstić information content (AvgIpc) is 2.35. The van der Waals surface area contributed by atoms with Gasteiger partial charge in [-0.3, -0.25) is 0 Å². The van der Waals surface area contributed by atoms with Crippen LogP contribution in [0.4, 0.5) is 0 Å². The van der Waals surface area contributed by atoms with Crippen LogP contribution in [0, 0.1) is 5.41 Å². The number of aliphatic hydroxyl groups is 1. The standard InChI is InChI=1S/C14H29NO2/c1-14(2,9-4-10-16)11-15-12-5-7-13(17-3)8-6-12/h12-13,15-16H,4-11H2,1-3H3. The summed E-state index contributed by atoms with van der Waals surface area (Å²) in [6, 6.07) is 0.662. The summed E-state index contributed by atoms with van der Waals surface area (Å²) in [6.07, 6.45) is 7.31. The van der Waals surface area contributed by atoms with Crippen LogP contribution in [0.15, 0.2) is 0 Å². The maximum atomic E-state index is 8.87. The van der Waals surface area contributed by atoms with Crippen LogP contribution in [-0.2, 0) is 4.74 Å². The molecule has 0 unspecified atom stereocenters. The second kappa shape index (κ2) is 7.34. The molecule has 0 aromatic rings. The van der Waals surface area contributed by atoms with Gasteiger partial charge in [0.15, 0.2) is 0 Å². The first kappa shape index (κ1) is 14.9. The van der Waals surface area contributed by atoms with E-state index < -0.39 is 0 Å². The highest BCUT2D eigenvalue weighted by Gasteiger charge is 2.23. The molecule has 0 radical (unpaired) electrons. The Bertz CT molecular complexity index is 198. The Balaban J connectivity index is 2.18. The lowest BCUT2D eigenvalue weighted by Crippen LogP contribution is -2.40. The van der Waals surface area contributed by atoms with Gasteiger partial charge in [-0.05, 0) is 43.9 Å². The summed E-state index contributed by atoms with van der Waals surface area (Å²) >= 11 is 0. The number of hydrogen-bond acceptors (Lipinski definition) is 3. The number of nitrogens with one attached hydrogen (secondary N) is 1. The van der Waals surface area contributed by atoms with E-state index in [0.717, 1.165) is 19.4 Å². The molecule has 0 heterocycles. The SMILES string of the molecule is COC1CCC(NCC(C)(C)CCCO)CC1. The molecule has 0 amide bonds. The fourth-order valence-electron chi connectivity index (χ4n) is 2.57.